The quantitative estimate of drug-likeness (QED) is 0.0632. The van der Waals surface area contributed by atoms with E-state index in [1.807, 2.05) is 98.1 Å². The van der Waals surface area contributed by atoms with E-state index in [1.54, 1.807) is 0 Å². The predicted octanol–water partition coefficient (Wildman–Crippen LogP) is 6.30. The second kappa shape index (κ2) is 21.1. The molecule has 0 spiro atoms. The van der Waals surface area contributed by atoms with E-state index in [-0.39, 0.29) is 7.75 Å². The Morgan fingerprint density at radius 3 is 0.724 bits per heavy atom. The van der Waals surface area contributed by atoms with Crippen LogP contribution in [0.15, 0.2) is 195 Å². The average Bonchev–Trinajstić information content (AvgIpc) is 3.31. The van der Waals surface area contributed by atoms with Crippen LogP contribution in [-0.2, 0) is 14.6 Å². The SMILES string of the molecule is [I][Au]([CH](CP(c1ccccn1)c1ccccn1)P(c1ccccn1)c1ccccn1)[CH](CP(c1ccccn1)c1ccccn1)P(c1ccccn1)c1ccccn1. The molecule has 8 nitrogen and oxygen atoms in total. The van der Waals surface area contributed by atoms with E-state index < -0.39 is 46.3 Å². The number of rotatable bonds is 16. The van der Waals surface area contributed by atoms with Gasteiger partial charge in [-0.2, -0.15) is 0 Å². The first kappa shape index (κ1) is 41.1. The maximum atomic E-state index is 5.14. The van der Waals surface area contributed by atoms with Gasteiger partial charge in [0.1, 0.15) is 0 Å². The van der Waals surface area contributed by atoms with Gasteiger partial charge in [0.05, 0.1) is 0 Å². The van der Waals surface area contributed by atoms with Gasteiger partial charge in [-0.15, -0.1) is 0 Å². The summed E-state index contributed by atoms with van der Waals surface area (Å²) in [5, 5.41) is 0. The van der Waals surface area contributed by atoms with E-state index >= 15 is 0 Å². The molecule has 8 heterocycles. The molecule has 0 N–H and O–H groups in total. The molecule has 8 aromatic rings. The summed E-state index contributed by atoms with van der Waals surface area (Å²) in [6, 6.07) is 50.5. The van der Waals surface area contributed by atoms with E-state index in [0.29, 0.717) is 0 Å². The third kappa shape index (κ3) is 10.2. The van der Waals surface area contributed by atoms with Gasteiger partial charge in [-0.05, 0) is 0 Å². The third-order valence-corrected chi connectivity index (χ3v) is 42.0. The molecule has 0 aliphatic carbocycles. The Balaban J connectivity index is 1.37. The predicted molar refractivity (Wildman–Crippen MR) is 250 cm³/mol. The van der Waals surface area contributed by atoms with Crippen molar-refractivity contribution in [2.45, 2.75) is 7.75 Å². The van der Waals surface area contributed by atoms with Gasteiger partial charge >= 0.3 is 364 Å². The summed E-state index contributed by atoms with van der Waals surface area (Å²) in [7, 11) is -4.04. The molecule has 0 saturated heterocycles. The van der Waals surface area contributed by atoms with Crippen molar-refractivity contribution in [2.75, 3.05) is 12.3 Å². The zero-order valence-corrected chi connectivity index (χ0v) is 39.0. The van der Waals surface area contributed by atoms with Crippen LogP contribution in [0.1, 0.15) is 0 Å². The molecule has 58 heavy (non-hydrogen) atoms. The number of nitrogens with zero attached hydrogens (tertiary/aromatic N) is 8. The van der Waals surface area contributed by atoms with Crippen LogP contribution in [-0.4, -0.2) is 59.9 Å². The van der Waals surface area contributed by atoms with Crippen molar-refractivity contribution in [2.24, 2.45) is 0 Å². The Morgan fingerprint density at radius 2 is 0.534 bits per heavy atom. The zero-order valence-electron chi connectivity index (χ0n) is 31.1. The van der Waals surface area contributed by atoms with Crippen LogP contribution in [0.25, 0.3) is 0 Å². The number of hydrogen-bond acceptors (Lipinski definition) is 8. The van der Waals surface area contributed by atoms with Crippen LogP contribution in [0.5, 0.6) is 0 Å². The first-order valence-corrected chi connectivity index (χ1v) is 32.9. The molecule has 2 unspecified atom stereocenters. The molecule has 0 amide bonds. The molecule has 0 radical (unpaired) electrons. The van der Waals surface area contributed by atoms with Crippen LogP contribution >= 0.6 is 50.7 Å². The fraction of sp³-hybridized carbons (Fsp3) is 0.0909. The fourth-order valence-corrected chi connectivity index (χ4v) is 44.7. The van der Waals surface area contributed by atoms with Crippen LogP contribution in [0, 0.1) is 0 Å². The van der Waals surface area contributed by atoms with Gasteiger partial charge in [0.2, 0.25) is 0 Å². The van der Waals surface area contributed by atoms with Gasteiger partial charge in [-0.3, -0.25) is 0 Å². The van der Waals surface area contributed by atoms with Crippen molar-refractivity contribution >= 4 is 94.2 Å². The molecule has 14 heteroatoms. The van der Waals surface area contributed by atoms with Crippen molar-refractivity contribution in [3.8, 4) is 0 Å². The molecule has 0 fully saturated rings. The standard InChI is InChI=1S/2C22H19N4P2.Au.HI/c2*1-5-13-23-19(9-1)27(20-10-2-6-14-24-20)17-18-28(21-11-3-7-15-25-21)22-12-4-8-16-26-22;;/h2*1-17H,18H2;;1H/q;;+1;/p-1. The second-order valence-electron chi connectivity index (χ2n) is 12.5. The van der Waals surface area contributed by atoms with Gasteiger partial charge in [0.25, 0.3) is 0 Å². The Morgan fingerprint density at radius 1 is 0.328 bits per heavy atom. The molecule has 0 aliphatic rings. The molecule has 292 valence electrons. The minimum absolute atomic E-state index is 0.220. The van der Waals surface area contributed by atoms with E-state index in [1.165, 1.54) is 0 Å². The van der Waals surface area contributed by atoms with Crippen LogP contribution < -0.4 is 43.5 Å². The van der Waals surface area contributed by atoms with Crippen molar-refractivity contribution in [3.05, 3.63) is 195 Å². The van der Waals surface area contributed by atoms with Gasteiger partial charge in [0, 0.05) is 0 Å². The van der Waals surface area contributed by atoms with Crippen molar-refractivity contribution in [1.29, 1.82) is 0 Å². The summed E-state index contributed by atoms with van der Waals surface area (Å²) >= 11 is 0.771. The average molecular weight is 1130 g/mol. The molecule has 8 rings (SSSR count). The monoisotopic (exact) mass is 1130 g/mol. The molecule has 0 saturated carbocycles. The normalized spacial score (nSPS) is 12.8. The topological polar surface area (TPSA) is 103 Å². The molecular formula is C44H38AuIN8P4. The molecule has 0 aliphatic heterocycles. The Hall–Kier alpha value is -3.61. The van der Waals surface area contributed by atoms with E-state index in [0.717, 1.165) is 55.8 Å². The summed E-state index contributed by atoms with van der Waals surface area (Å²) < 4.78 is 0.439. The van der Waals surface area contributed by atoms with Crippen LogP contribution in [0.3, 0.4) is 0 Å². The van der Waals surface area contributed by atoms with Crippen molar-refractivity contribution in [3.63, 3.8) is 0 Å². The summed E-state index contributed by atoms with van der Waals surface area (Å²) in [4.78, 5) is 40.7. The molecule has 0 bridgehead atoms. The number of aromatic nitrogens is 8. The first-order chi connectivity index (χ1) is 28.7. The van der Waals surface area contributed by atoms with E-state index in [9.17, 15) is 0 Å². The third-order valence-electron chi connectivity index (χ3n) is 8.83. The molecule has 0 aromatic carbocycles. The molecule has 8 aromatic heterocycles. The van der Waals surface area contributed by atoms with E-state index in [4.69, 9.17) is 39.9 Å². The first-order valence-electron chi connectivity index (χ1n) is 18.4. The van der Waals surface area contributed by atoms with Crippen LogP contribution in [0.2, 0.25) is 0 Å². The molecular weight excluding hydrogens is 1090 g/mol. The Kier molecular flexibility index (Phi) is 14.9. The zero-order chi connectivity index (χ0) is 39.4. The summed E-state index contributed by atoms with van der Waals surface area (Å²) in [5.74, 6) is 0. The Bertz CT molecular complexity index is 2080. The summed E-state index contributed by atoms with van der Waals surface area (Å²) in [6.45, 7) is 0. The van der Waals surface area contributed by atoms with Gasteiger partial charge in [-0.25, -0.2) is 0 Å². The van der Waals surface area contributed by atoms with Gasteiger partial charge < -0.3 is 0 Å². The van der Waals surface area contributed by atoms with Crippen molar-refractivity contribution in [1.82, 2.24) is 39.9 Å². The minimum atomic E-state index is -2.19. The van der Waals surface area contributed by atoms with Crippen LogP contribution in [0.4, 0.5) is 0 Å². The number of pyridine rings is 8. The summed E-state index contributed by atoms with van der Waals surface area (Å²) in [6.07, 6.45) is 17.2. The summed E-state index contributed by atoms with van der Waals surface area (Å²) in [5.41, 5.74) is 8.67. The fourth-order valence-electron chi connectivity index (χ4n) is 6.24. The number of hydrogen-bond donors (Lipinski definition) is 0. The van der Waals surface area contributed by atoms with E-state index in [2.05, 4.69) is 116 Å². The van der Waals surface area contributed by atoms with Gasteiger partial charge in [0.15, 0.2) is 0 Å². The number of halogens is 1. The van der Waals surface area contributed by atoms with Crippen molar-refractivity contribution < 1.29 is 14.6 Å². The van der Waals surface area contributed by atoms with Gasteiger partial charge in [-0.1, -0.05) is 0 Å². The Labute approximate surface area is 361 Å². The molecule has 2 atom stereocenters. The maximum absolute atomic E-state index is 5.14. The second-order valence-corrected chi connectivity index (χ2v) is 34.0.